The minimum Gasteiger partial charge on any atom is -0.443 e. The van der Waals surface area contributed by atoms with E-state index in [0.717, 1.165) is 18.4 Å². The van der Waals surface area contributed by atoms with E-state index >= 15 is 0 Å². The number of nitrogens with zero attached hydrogens (tertiary/aromatic N) is 4. The van der Waals surface area contributed by atoms with Gasteiger partial charge in [-0.2, -0.15) is 0 Å². The highest BCUT2D eigenvalue weighted by molar-refractivity contribution is 7.20. The Morgan fingerprint density at radius 3 is 3.00 bits per heavy atom. The van der Waals surface area contributed by atoms with Crippen LogP contribution in [0.2, 0.25) is 0 Å². The summed E-state index contributed by atoms with van der Waals surface area (Å²) < 4.78 is 20.8. The highest BCUT2D eigenvalue weighted by atomic mass is 32.1. The molecule has 0 bridgehead atoms. The van der Waals surface area contributed by atoms with E-state index in [-0.39, 0.29) is 23.3 Å². The molecule has 4 heterocycles. The molecule has 9 heteroatoms. The lowest BCUT2D eigenvalue weighted by atomic mass is 10.1. The van der Waals surface area contributed by atoms with E-state index in [1.54, 1.807) is 31.1 Å². The molecule has 1 atom stereocenters. The summed E-state index contributed by atoms with van der Waals surface area (Å²) in [5.74, 6) is 0.670. The van der Waals surface area contributed by atoms with E-state index in [4.69, 9.17) is 4.42 Å². The molecule has 0 N–H and O–H groups in total. The van der Waals surface area contributed by atoms with Crippen molar-refractivity contribution in [2.45, 2.75) is 32.2 Å². The summed E-state index contributed by atoms with van der Waals surface area (Å²) in [6.07, 6.45) is 5.12. The Kier molecular flexibility index (Phi) is 5.13. The molecule has 1 saturated heterocycles. The molecule has 1 aromatic carbocycles. The van der Waals surface area contributed by atoms with Crippen LogP contribution in [-0.4, -0.2) is 31.9 Å². The number of likely N-dealkylation sites (tertiary alicyclic amines) is 1. The van der Waals surface area contributed by atoms with Crippen molar-refractivity contribution in [2.24, 2.45) is 7.05 Å². The topological polar surface area (TPSA) is 81.2 Å². The number of fused-ring (bicyclic) bond motifs is 1. The maximum absolute atomic E-state index is 13.5. The number of oxazole rings is 1. The summed E-state index contributed by atoms with van der Waals surface area (Å²) in [6.45, 7) is 2.38. The number of benzene rings is 1. The smallest absolute Gasteiger partial charge is 0.264 e. The van der Waals surface area contributed by atoms with Gasteiger partial charge in [0.05, 0.1) is 22.8 Å². The van der Waals surface area contributed by atoms with Gasteiger partial charge in [0.1, 0.15) is 22.4 Å². The minimum atomic E-state index is -0.294. The Morgan fingerprint density at radius 2 is 2.19 bits per heavy atom. The molecule has 5 rings (SSSR count). The van der Waals surface area contributed by atoms with E-state index in [0.29, 0.717) is 45.3 Å². The van der Waals surface area contributed by atoms with Crippen LogP contribution in [0, 0.1) is 12.7 Å². The lowest BCUT2D eigenvalue weighted by molar-refractivity contribution is 0.0719. The number of carbonyl (C=O) groups excluding carboxylic acids is 1. The Bertz CT molecular complexity index is 1390. The predicted molar refractivity (Wildman–Crippen MR) is 118 cm³/mol. The number of hydrogen-bond donors (Lipinski definition) is 0. The van der Waals surface area contributed by atoms with Gasteiger partial charge in [-0.05, 0) is 43.0 Å². The number of carbonyl (C=O) groups is 1. The van der Waals surface area contributed by atoms with Gasteiger partial charge in [0.2, 0.25) is 5.89 Å². The second kappa shape index (κ2) is 7.98. The van der Waals surface area contributed by atoms with Crippen molar-refractivity contribution in [1.82, 2.24) is 19.4 Å². The lowest BCUT2D eigenvalue weighted by Gasteiger charge is -2.22. The quantitative estimate of drug-likeness (QED) is 0.468. The van der Waals surface area contributed by atoms with Crippen LogP contribution in [-0.2, 0) is 13.5 Å². The average Bonchev–Trinajstić information content (AvgIpc) is 3.49. The van der Waals surface area contributed by atoms with Crippen LogP contribution in [0.15, 0.2) is 46.0 Å². The molecule has 164 valence electrons. The van der Waals surface area contributed by atoms with E-state index in [2.05, 4.69) is 9.97 Å². The molecular formula is C23H21FN4O3S. The fourth-order valence-electron chi connectivity index (χ4n) is 4.22. The van der Waals surface area contributed by atoms with Crippen molar-refractivity contribution < 1.29 is 13.6 Å². The molecule has 1 unspecified atom stereocenters. The van der Waals surface area contributed by atoms with E-state index in [1.165, 1.54) is 34.4 Å². The Morgan fingerprint density at radius 1 is 1.34 bits per heavy atom. The number of halogens is 1. The van der Waals surface area contributed by atoms with E-state index in [9.17, 15) is 14.0 Å². The molecule has 0 radical (unpaired) electrons. The summed E-state index contributed by atoms with van der Waals surface area (Å²) in [5, 5.41) is 0.493. The third-order valence-corrected chi connectivity index (χ3v) is 7.03. The van der Waals surface area contributed by atoms with Gasteiger partial charge >= 0.3 is 0 Å². The first-order valence-corrected chi connectivity index (χ1v) is 11.2. The lowest BCUT2D eigenvalue weighted by Crippen LogP contribution is -2.30. The van der Waals surface area contributed by atoms with Crippen LogP contribution in [0.25, 0.3) is 10.2 Å². The molecule has 1 aliphatic rings. The summed E-state index contributed by atoms with van der Waals surface area (Å²) in [6, 6.07) is 6.09. The molecular weight excluding hydrogens is 431 g/mol. The SMILES string of the molecule is Cc1c(C(=O)N2CCCC2c2ncc(Cc3cccc(F)c3)o2)sc2ncn(C)c(=O)c12. The molecule has 0 spiro atoms. The van der Waals surface area contributed by atoms with Crippen LogP contribution in [0.4, 0.5) is 4.39 Å². The van der Waals surface area contributed by atoms with Gasteiger partial charge in [0.15, 0.2) is 0 Å². The first kappa shape index (κ1) is 20.6. The standard InChI is InChI=1S/C23H21FN4O3S/c1-13-18-21(26-12-27(2)22(18)29)32-19(13)23(30)28-8-4-7-17(28)20-25-11-16(31-20)10-14-5-3-6-15(24)9-14/h3,5-6,9,11-12,17H,4,7-8,10H2,1-2H3. The van der Waals surface area contributed by atoms with Crippen LogP contribution in [0.5, 0.6) is 0 Å². The van der Waals surface area contributed by atoms with E-state index in [1.807, 2.05) is 6.07 Å². The summed E-state index contributed by atoms with van der Waals surface area (Å²) in [5.41, 5.74) is 1.30. The van der Waals surface area contributed by atoms with Gasteiger partial charge in [0.25, 0.3) is 11.5 Å². The third-order valence-electron chi connectivity index (χ3n) is 5.84. The van der Waals surface area contributed by atoms with Crippen LogP contribution < -0.4 is 5.56 Å². The first-order chi connectivity index (χ1) is 15.4. The summed E-state index contributed by atoms with van der Waals surface area (Å²) >= 11 is 1.25. The normalized spacial score (nSPS) is 16.2. The number of hydrogen-bond acceptors (Lipinski definition) is 6. The first-order valence-electron chi connectivity index (χ1n) is 10.4. The predicted octanol–water partition coefficient (Wildman–Crippen LogP) is 4.00. The number of aryl methyl sites for hydroxylation is 2. The van der Waals surface area contributed by atoms with Gasteiger partial charge in [-0.15, -0.1) is 11.3 Å². The number of aromatic nitrogens is 3. The Balaban J connectivity index is 1.42. The fraction of sp³-hybridized carbons (Fsp3) is 0.304. The largest absolute Gasteiger partial charge is 0.443 e. The number of rotatable bonds is 4. The van der Waals surface area contributed by atoms with Gasteiger partial charge in [-0.1, -0.05) is 12.1 Å². The summed E-state index contributed by atoms with van der Waals surface area (Å²) in [4.78, 5) is 37.5. The zero-order valence-electron chi connectivity index (χ0n) is 17.7. The highest BCUT2D eigenvalue weighted by Crippen LogP contribution is 2.36. The van der Waals surface area contributed by atoms with Gasteiger partial charge in [0, 0.05) is 20.0 Å². The summed E-state index contributed by atoms with van der Waals surface area (Å²) in [7, 11) is 1.65. The van der Waals surface area contributed by atoms with Crippen molar-refractivity contribution in [3.05, 3.63) is 80.6 Å². The van der Waals surface area contributed by atoms with Crippen LogP contribution in [0.3, 0.4) is 0 Å². The number of thiophene rings is 1. The molecule has 7 nitrogen and oxygen atoms in total. The van der Waals surface area contributed by atoms with Crippen molar-refractivity contribution in [3.63, 3.8) is 0 Å². The van der Waals surface area contributed by atoms with Crippen molar-refractivity contribution in [3.8, 4) is 0 Å². The monoisotopic (exact) mass is 452 g/mol. The van der Waals surface area contributed by atoms with E-state index < -0.39 is 0 Å². The van der Waals surface area contributed by atoms with Crippen molar-refractivity contribution in [2.75, 3.05) is 6.54 Å². The van der Waals surface area contributed by atoms with Crippen molar-refractivity contribution in [1.29, 1.82) is 0 Å². The molecule has 3 aromatic heterocycles. The van der Waals surface area contributed by atoms with Crippen LogP contribution >= 0.6 is 11.3 Å². The van der Waals surface area contributed by atoms with Gasteiger partial charge < -0.3 is 13.9 Å². The maximum atomic E-state index is 13.5. The van der Waals surface area contributed by atoms with Crippen molar-refractivity contribution >= 4 is 27.5 Å². The Hall–Kier alpha value is -3.33. The fourth-order valence-corrected chi connectivity index (χ4v) is 5.31. The average molecular weight is 453 g/mol. The minimum absolute atomic E-state index is 0.139. The highest BCUT2D eigenvalue weighted by Gasteiger charge is 2.35. The zero-order chi connectivity index (χ0) is 22.4. The number of amides is 1. The third kappa shape index (κ3) is 3.52. The zero-order valence-corrected chi connectivity index (χ0v) is 18.5. The Labute approximate surface area is 187 Å². The molecule has 1 amide bonds. The molecule has 0 saturated carbocycles. The van der Waals surface area contributed by atoms with Gasteiger partial charge in [-0.25, -0.2) is 14.4 Å². The molecule has 1 aliphatic heterocycles. The van der Waals surface area contributed by atoms with Crippen LogP contribution in [0.1, 0.15) is 51.3 Å². The second-order valence-corrected chi connectivity index (χ2v) is 9.02. The second-order valence-electron chi connectivity index (χ2n) is 8.03. The van der Waals surface area contributed by atoms with Gasteiger partial charge in [-0.3, -0.25) is 9.59 Å². The molecule has 4 aromatic rings. The molecule has 32 heavy (non-hydrogen) atoms. The maximum Gasteiger partial charge on any atom is 0.264 e. The molecule has 1 fully saturated rings. The molecule has 0 aliphatic carbocycles.